The van der Waals surface area contributed by atoms with Gasteiger partial charge in [-0.25, -0.2) is 0 Å². The van der Waals surface area contributed by atoms with Gasteiger partial charge in [0, 0.05) is 6.54 Å². The molecule has 1 unspecified atom stereocenters. The van der Waals surface area contributed by atoms with Crippen molar-refractivity contribution in [1.29, 1.82) is 0 Å². The first-order chi connectivity index (χ1) is 8.08. The number of aromatic nitrogens is 1. The van der Waals surface area contributed by atoms with Crippen LogP contribution in [0.1, 0.15) is 35.8 Å². The van der Waals surface area contributed by atoms with Crippen molar-refractivity contribution in [2.75, 3.05) is 12.3 Å². The first-order valence-electron chi connectivity index (χ1n) is 6.08. The van der Waals surface area contributed by atoms with Crippen LogP contribution in [0.25, 0.3) is 0 Å². The zero-order chi connectivity index (χ0) is 12.4. The van der Waals surface area contributed by atoms with E-state index in [9.17, 15) is 4.79 Å². The number of nitrogen functional groups attached to an aromatic ring is 1. The average molecular weight is 233 g/mol. The molecular formula is C13H19N3O. The Bertz CT molecular complexity index is 427. The highest BCUT2D eigenvalue weighted by Gasteiger charge is 2.28. The van der Waals surface area contributed by atoms with Crippen LogP contribution in [0.5, 0.6) is 0 Å². The van der Waals surface area contributed by atoms with Crippen LogP contribution in [0.4, 0.5) is 5.69 Å². The van der Waals surface area contributed by atoms with Crippen molar-refractivity contribution in [3.63, 3.8) is 0 Å². The summed E-state index contributed by atoms with van der Waals surface area (Å²) in [5, 5.41) is 2.95. The van der Waals surface area contributed by atoms with Crippen LogP contribution < -0.4 is 11.1 Å². The van der Waals surface area contributed by atoms with E-state index in [4.69, 9.17) is 5.73 Å². The van der Waals surface area contributed by atoms with Crippen LogP contribution in [0.2, 0.25) is 0 Å². The quantitative estimate of drug-likeness (QED) is 0.832. The van der Waals surface area contributed by atoms with Crippen LogP contribution in [0.3, 0.4) is 0 Å². The molecule has 0 radical (unpaired) electrons. The lowest BCUT2D eigenvalue weighted by Crippen LogP contribution is -2.29. The van der Waals surface area contributed by atoms with Crippen molar-refractivity contribution in [2.24, 2.45) is 11.8 Å². The maximum absolute atomic E-state index is 12.0. The van der Waals surface area contributed by atoms with Crippen molar-refractivity contribution in [3.05, 3.63) is 23.5 Å². The summed E-state index contributed by atoms with van der Waals surface area (Å²) in [6, 6.07) is 1.68. The number of nitrogens with zero attached hydrogens (tertiary/aromatic N) is 1. The van der Waals surface area contributed by atoms with Crippen molar-refractivity contribution in [3.8, 4) is 0 Å². The number of hydrogen-bond donors (Lipinski definition) is 2. The molecule has 1 fully saturated rings. The van der Waals surface area contributed by atoms with Gasteiger partial charge in [-0.05, 0) is 37.7 Å². The topological polar surface area (TPSA) is 68.0 Å². The highest BCUT2D eigenvalue weighted by Crippen LogP contribution is 2.36. The highest BCUT2D eigenvalue weighted by atomic mass is 16.1. The molecule has 1 atom stereocenters. The zero-order valence-corrected chi connectivity index (χ0v) is 10.4. The van der Waals surface area contributed by atoms with E-state index >= 15 is 0 Å². The van der Waals surface area contributed by atoms with Gasteiger partial charge >= 0.3 is 0 Å². The summed E-state index contributed by atoms with van der Waals surface area (Å²) in [4.78, 5) is 16.0. The van der Waals surface area contributed by atoms with Crippen molar-refractivity contribution >= 4 is 11.6 Å². The molecule has 17 heavy (non-hydrogen) atoms. The minimum Gasteiger partial charge on any atom is -0.397 e. The largest absolute Gasteiger partial charge is 0.397 e. The number of anilines is 1. The third kappa shape index (κ3) is 2.96. The number of carbonyl (C=O) groups excluding carboxylic acids is 1. The summed E-state index contributed by atoms with van der Waals surface area (Å²) in [6.07, 6.45) is 4.17. The molecule has 0 aliphatic heterocycles. The Morgan fingerprint density at radius 2 is 2.35 bits per heavy atom. The first-order valence-corrected chi connectivity index (χ1v) is 6.08. The molecule has 1 heterocycles. The Hall–Kier alpha value is -1.58. The van der Waals surface area contributed by atoms with Crippen LogP contribution in [0.15, 0.2) is 12.3 Å². The molecule has 4 heteroatoms. The summed E-state index contributed by atoms with van der Waals surface area (Å²) in [6.45, 7) is 4.73. The molecule has 92 valence electrons. The maximum Gasteiger partial charge on any atom is 0.253 e. The van der Waals surface area contributed by atoms with Crippen LogP contribution >= 0.6 is 0 Å². The van der Waals surface area contributed by atoms with E-state index < -0.39 is 0 Å². The fraction of sp³-hybridized carbons (Fsp3) is 0.538. The lowest BCUT2D eigenvalue weighted by atomic mass is 10.1. The van der Waals surface area contributed by atoms with Crippen LogP contribution in [-0.4, -0.2) is 17.4 Å². The van der Waals surface area contributed by atoms with Crippen molar-refractivity contribution in [2.45, 2.75) is 26.7 Å². The second kappa shape index (κ2) is 4.73. The number of rotatable bonds is 4. The zero-order valence-electron chi connectivity index (χ0n) is 10.4. The number of nitrogens with two attached hydrogens (primary N) is 1. The van der Waals surface area contributed by atoms with Crippen LogP contribution in [-0.2, 0) is 0 Å². The Kier molecular flexibility index (Phi) is 3.31. The van der Waals surface area contributed by atoms with Gasteiger partial charge in [0.15, 0.2) is 0 Å². The van der Waals surface area contributed by atoms with Gasteiger partial charge in [-0.15, -0.1) is 0 Å². The lowest BCUT2D eigenvalue weighted by Gasteiger charge is -2.12. The van der Waals surface area contributed by atoms with Crippen molar-refractivity contribution in [1.82, 2.24) is 10.3 Å². The van der Waals surface area contributed by atoms with Gasteiger partial charge in [-0.2, -0.15) is 0 Å². The van der Waals surface area contributed by atoms with E-state index in [1.807, 2.05) is 6.92 Å². The summed E-state index contributed by atoms with van der Waals surface area (Å²) in [5.74, 6) is 1.29. The van der Waals surface area contributed by atoms with E-state index in [1.54, 1.807) is 12.3 Å². The molecule has 1 aliphatic carbocycles. The summed E-state index contributed by atoms with van der Waals surface area (Å²) >= 11 is 0. The molecule has 3 N–H and O–H groups in total. The fourth-order valence-electron chi connectivity index (χ4n) is 1.96. The number of hydrogen-bond acceptors (Lipinski definition) is 3. The van der Waals surface area contributed by atoms with Gasteiger partial charge in [0.05, 0.1) is 23.1 Å². The second-order valence-electron chi connectivity index (χ2n) is 4.93. The van der Waals surface area contributed by atoms with Gasteiger partial charge in [0.2, 0.25) is 0 Å². The van der Waals surface area contributed by atoms with Crippen LogP contribution in [0, 0.1) is 18.8 Å². The van der Waals surface area contributed by atoms with E-state index in [-0.39, 0.29) is 5.91 Å². The molecule has 1 aliphatic rings. The second-order valence-corrected chi connectivity index (χ2v) is 4.93. The van der Waals surface area contributed by atoms with Gasteiger partial charge in [-0.1, -0.05) is 6.92 Å². The maximum atomic E-state index is 12.0. The monoisotopic (exact) mass is 233 g/mol. The molecule has 2 rings (SSSR count). The SMILES string of the molecule is Cc1ncc(N)cc1C(=O)NCC(C)C1CC1. The van der Waals surface area contributed by atoms with E-state index in [0.717, 1.165) is 18.2 Å². The number of pyridine rings is 1. The average Bonchev–Trinajstić information content (AvgIpc) is 3.12. The smallest absolute Gasteiger partial charge is 0.253 e. The lowest BCUT2D eigenvalue weighted by molar-refractivity contribution is 0.0945. The van der Waals surface area contributed by atoms with E-state index in [0.29, 0.717) is 17.2 Å². The first kappa shape index (κ1) is 11.9. The highest BCUT2D eigenvalue weighted by molar-refractivity contribution is 5.95. The standard InChI is InChI=1S/C13H19N3O/c1-8(10-3-4-10)6-16-13(17)12-5-11(14)7-15-9(12)2/h5,7-8,10H,3-4,6,14H2,1-2H3,(H,16,17). The number of amides is 1. The Balaban J connectivity index is 1.96. The number of nitrogens with one attached hydrogen (secondary N) is 1. The molecule has 1 saturated carbocycles. The summed E-state index contributed by atoms with van der Waals surface area (Å²) in [7, 11) is 0. The Morgan fingerprint density at radius 1 is 1.65 bits per heavy atom. The molecule has 0 aromatic carbocycles. The molecule has 0 bridgehead atoms. The molecule has 1 aromatic rings. The van der Waals surface area contributed by atoms with Gasteiger partial charge in [-0.3, -0.25) is 9.78 Å². The predicted octanol–water partition coefficient (Wildman–Crippen LogP) is 1.75. The summed E-state index contributed by atoms with van der Waals surface area (Å²) in [5.41, 5.74) is 7.46. The minimum atomic E-state index is -0.0743. The Labute approximate surface area is 102 Å². The number of carbonyl (C=O) groups is 1. The molecule has 0 spiro atoms. The van der Waals surface area contributed by atoms with E-state index in [1.165, 1.54) is 12.8 Å². The minimum absolute atomic E-state index is 0.0743. The van der Waals surface area contributed by atoms with Gasteiger partial charge < -0.3 is 11.1 Å². The Morgan fingerprint density at radius 3 is 3.00 bits per heavy atom. The molecule has 1 amide bonds. The molecule has 0 saturated heterocycles. The van der Waals surface area contributed by atoms with Gasteiger partial charge in [0.1, 0.15) is 0 Å². The number of aryl methyl sites for hydroxylation is 1. The third-order valence-corrected chi connectivity index (χ3v) is 3.36. The molecule has 4 nitrogen and oxygen atoms in total. The fourth-order valence-corrected chi connectivity index (χ4v) is 1.96. The third-order valence-electron chi connectivity index (χ3n) is 3.36. The molecular weight excluding hydrogens is 214 g/mol. The van der Waals surface area contributed by atoms with Crippen molar-refractivity contribution < 1.29 is 4.79 Å². The van der Waals surface area contributed by atoms with E-state index in [2.05, 4.69) is 17.2 Å². The summed E-state index contributed by atoms with van der Waals surface area (Å²) < 4.78 is 0. The normalized spacial score (nSPS) is 16.6. The predicted molar refractivity (Wildman–Crippen MR) is 67.6 cm³/mol. The molecule has 1 aromatic heterocycles. The van der Waals surface area contributed by atoms with Gasteiger partial charge in [0.25, 0.3) is 5.91 Å².